The summed E-state index contributed by atoms with van der Waals surface area (Å²) in [6.45, 7) is 0. The number of carboxylic acid groups (broad SMARTS) is 1. The van der Waals surface area contributed by atoms with Gasteiger partial charge in [0.1, 0.15) is 0 Å². The van der Waals surface area contributed by atoms with E-state index in [4.69, 9.17) is 9.53 Å². The second-order valence-electron chi connectivity index (χ2n) is 1.49. The van der Waals surface area contributed by atoms with Crippen molar-refractivity contribution in [2.75, 3.05) is 7.11 Å². The Kier molecular flexibility index (Phi) is 4.59. The number of hydrogen-bond acceptors (Lipinski definition) is 2. The summed E-state index contributed by atoms with van der Waals surface area (Å²) in [5.74, 6) is -0.727. The highest BCUT2D eigenvalue weighted by molar-refractivity contribution is 6.27. The van der Waals surface area contributed by atoms with E-state index < -0.39 is 15.7 Å². The number of carboxylic acids is 1. The van der Waals surface area contributed by atoms with Gasteiger partial charge in [-0.3, -0.25) is 4.79 Å². The van der Waals surface area contributed by atoms with Crippen LogP contribution in [0.4, 0.5) is 0 Å². The Bertz CT molecular complexity index is 73.7. The van der Waals surface area contributed by atoms with Crippen LogP contribution in [0.5, 0.6) is 0 Å². The van der Waals surface area contributed by atoms with Gasteiger partial charge in [0, 0.05) is 13.5 Å². The molecule has 0 heterocycles. The van der Waals surface area contributed by atoms with E-state index >= 15 is 0 Å². The first kappa shape index (κ1) is 7.65. The third kappa shape index (κ3) is 5.65. The highest BCUT2D eigenvalue weighted by Gasteiger charge is 1.94. The quantitative estimate of drug-likeness (QED) is 0.421. The monoisotopic (exact) mass is 134 g/mol. The molecule has 0 amide bonds. The van der Waals surface area contributed by atoms with Crippen molar-refractivity contribution in [3.8, 4) is 0 Å². The minimum absolute atomic E-state index is 0.264. The van der Waals surface area contributed by atoms with Crippen LogP contribution in [-0.4, -0.2) is 27.9 Å². The molecule has 0 fully saturated rings. The number of rotatable bonds is 4. The van der Waals surface area contributed by atoms with Crippen LogP contribution in [0.3, 0.4) is 0 Å². The molecule has 8 heavy (non-hydrogen) atoms. The first-order valence-electron chi connectivity index (χ1n) is 2.48. The molecule has 0 atom stereocenters. The lowest BCUT2D eigenvalue weighted by molar-refractivity contribution is -0.136. The summed E-state index contributed by atoms with van der Waals surface area (Å²) in [5.41, 5.74) is 0. The molecule has 0 spiro atoms. The van der Waals surface area contributed by atoms with Crippen LogP contribution in [0.15, 0.2) is 0 Å². The molecule has 0 bridgehead atoms. The molecule has 0 aliphatic carbocycles. The topological polar surface area (TPSA) is 46.5 Å². The van der Waals surface area contributed by atoms with Crippen molar-refractivity contribution in [3.63, 3.8) is 0 Å². The van der Waals surface area contributed by atoms with Crippen LogP contribution >= 0.6 is 0 Å². The molecule has 0 aromatic heterocycles. The molecular formula is C4H10O3Si. The Balaban J connectivity index is 2.82. The Morgan fingerprint density at radius 3 is 2.88 bits per heavy atom. The number of aliphatic carboxylic acids is 1. The Morgan fingerprint density at radius 1 is 1.88 bits per heavy atom. The predicted molar refractivity (Wildman–Crippen MR) is 32.6 cm³/mol. The number of carbonyl (C=O) groups is 1. The van der Waals surface area contributed by atoms with Gasteiger partial charge < -0.3 is 9.53 Å². The zero-order chi connectivity index (χ0) is 6.41. The lowest BCUT2D eigenvalue weighted by Crippen LogP contribution is -1.99. The third-order valence-electron chi connectivity index (χ3n) is 0.739. The molecule has 0 unspecified atom stereocenters. The lowest BCUT2D eigenvalue weighted by atomic mass is 10.5. The average molecular weight is 134 g/mol. The van der Waals surface area contributed by atoms with E-state index in [1.165, 1.54) is 0 Å². The smallest absolute Gasteiger partial charge is 0.303 e. The predicted octanol–water partition coefficient (Wildman–Crippen LogP) is -0.390. The molecule has 1 N–H and O–H groups in total. The van der Waals surface area contributed by atoms with E-state index in [-0.39, 0.29) is 6.42 Å². The lowest BCUT2D eigenvalue weighted by Gasteiger charge is -1.90. The first-order chi connectivity index (χ1) is 3.77. The van der Waals surface area contributed by atoms with Crippen molar-refractivity contribution < 1.29 is 14.3 Å². The van der Waals surface area contributed by atoms with Crippen LogP contribution in [0.1, 0.15) is 6.42 Å². The van der Waals surface area contributed by atoms with E-state index in [0.29, 0.717) is 0 Å². The van der Waals surface area contributed by atoms with Gasteiger partial charge in [0.05, 0.1) is 0 Å². The van der Waals surface area contributed by atoms with Crippen LogP contribution in [0.2, 0.25) is 6.04 Å². The summed E-state index contributed by atoms with van der Waals surface area (Å²) in [5, 5.41) is 8.11. The molecule has 0 aromatic rings. The molecule has 0 rings (SSSR count). The highest BCUT2D eigenvalue weighted by atomic mass is 28.2. The maximum Gasteiger partial charge on any atom is 0.303 e. The van der Waals surface area contributed by atoms with E-state index in [9.17, 15) is 4.79 Å². The van der Waals surface area contributed by atoms with Crippen LogP contribution < -0.4 is 0 Å². The largest absolute Gasteiger partial charge is 0.481 e. The highest BCUT2D eigenvalue weighted by Crippen LogP contribution is 1.86. The fourth-order valence-corrected chi connectivity index (χ4v) is 1.10. The van der Waals surface area contributed by atoms with E-state index in [1.807, 2.05) is 0 Å². The maximum atomic E-state index is 9.84. The summed E-state index contributed by atoms with van der Waals surface area (Å²) < 4.78 is 4.77. The molecule has 0 saturated heterocycles. The molecule has 4 heteroatoms. The van der Waals surface area contributed by atoms with Crippen molar-refractivity contribution in [2.24, 2.45) is 0 Å². The summed E-state index contributed by atoms with van der Waals surface area (Å²) >= 11 is 0. The van der Waals surface area contributed by atoms with Crippen molar-refractivity contribution in [3.05, 3.63) is 0 Å². The standard InChI is InChI=1S/C4H10O3Si/c1-7-8-3-2-4(5)6/h2-3,8H2,1H3,(H,5,6). The van der Waals surface area contributed by atoms with Crippen molar-refractivity contribution >= 4 is 15.7 Å². The van der Waals surface area contributed by atoms with Gasteiger partial charge in [0.25, 0.3) is 0 Å². The Hall–Kier alpha value is -0.353. The molecule has 0 aliphatic heterocycles. The van der Waals surface area contributed by atoms with Crippen LogP contribution in [-0.2, 0) is 9.22 Å². The van der Waals surface area contributed by atoms with Crippen molar-refractivity contribution in [1.82, 2.24) is 0 Å². The van der Waals surface area contributed by atoms with Gasteiger partial charge in [-0.25, -0.2) is 0 Å². The van der Waals surface area contributed by atoms with Gasteiger partial charge >= 0.3 is 5.97 Å². The zero-order valence-electron chi connectivity index (χ0n) is 4.89. The molecular weight excluding hydrogens is 124 g/mol. The molecule has 48 valence electrons. The van der Waals surface area contributed by atoms with Gasteiger partial charge in [-0.1, -0.05) is 0 Å². The van der Waals surface area contributed by atoms with Crippen LogP contribution in [0, 0.1) is 0 Å². The SMILES string of the molecule is CO[SiH2]CCC(=O)O. The second-order valence-corrected chi connectivity index (χ2v) is 3.18. The fraction of sp³-hybridized carbons (Fsp3) is 0.750. The third-order valence-corrected chi connectivity index (χ3v) is 1.79. The average Bonchev–Trinajstić information content (AvgIpc) is 1.66. The zero-order valence-corrected chi connectivity index (χ0v) is 6.30. The van der Waals surface area contributed by atoms with E-state index in [1.54, 1.807) is 7.11 Å². The minimum atomic E-state index is -0.727. The number of hydrogen-bond donors (Lipinski definition) is 1. The van der Waals surface area contributed by atoms with E-state index in [0.717, 1.165) is 6.04 Å². The van der Waals surface area contributed by atoms with Gasteiger partial charge in [0.2, 0.25) is 0 Å². The summed E-state index contributed by atoms with van der Waals surface area (Å²) in [6, 6.07) is 0.742. The van der Waals surface area contributed by atoms with Gasteiger partial charge in [0.15, 0.2) is 9.76 Å². The normalized spacial score (nSPS) is 10.6. The Morgan fingerprint density at radius 2 is 2.50 bits per heavy atom. The molecule has 0 saturated carbocycles. The second kappa shape index (κ2) is 4.80. The molecule has 3 nitrogen and oxygen atoms in total. The Labute approximate surface area is 50.6 Å². The van der Waals surface area contributed by atoms with Gasteiger partial charge in [-0.05, 0) is 6.04 Å². The summed E-state index contributed by atoms with van der Waals surface area (Å²) in [6.07, 6.45) is 0.264. The van der Waals surface area contributed by atoms with Gasteiger partial charge in [-0.15, -0.1) is 0 Å². The summed E-state index contributed by atoms with van der Waals surface area (Å²) in [4.78, 5) is 9.84. The molecule has 0 radical (unpaired) electrons. The van der Waals surface area contributed by atoms with Crippen molar-refractivity contribution in [1.29, 1.82) is 0 Å². The molecule has 0 aromatic carbocycles. The van der Waals surface area contributed by atoms with E-state index in [2.05, 4.69) is 0 Å². The minimum Gasteiger partial charge on any atom is -0.481 e. The van der Waals surface area contributed by atoms with Crippen LogP contribution in [0.25, 0.3) is 0 Å². The maximum absolute atomic E-state index is 9.84. The van der Waals surface area contributed by atoms with Gasteiger partial charge in [-0.2, -0.15) is 0 Å². The first-order valence-corrected chi connectivity index (χ1v) is 4.06. The summed E-state index contributed by atoms with van der Waals surface area (Å²) in [7, 11) is 1.12. The molecule has 0 aliphatic rings. The fourth-order valence-electron chi connectivity index (χ4n) is 0.368. The van der Waals surface area contributed by atoms with Crippen molar-refractivity contribution in [2.45, 2.75) is 12.5 Å².